The minimum atomic E-state index is -0.500. The van der Waals surface area contributed by atoms with Crippen molar-refractivity contribution in [3.8, 4) is 5.75 Å². The average molecular weight is 302 g/mol. The summed E-state index contributed by atoms with van der Waals surface area (Å²) in [6.07, 6.45) is 0.0483. The monoisotopic (exact) mass is 301 g/mol. The minimum absolute atomic E-state index is 0.134. The first-order valence-electron chi connectivity index (χ1n) is 6.86. The molecule has 0 saturated heterocycles. The predicted octanol–water partition coefficient (Wildman–Crippen LogP) is 3.90. The number of carbonyl (C=O) groups excluding carboxylic acids is 1. The Kier molecular flexibility index (Phi) is 3.60. The third-order valence-electron chi connectivity index (χ3n) is 3.76. The van der Waals surface area contributed by atoms with E-state index in [1.807, 2.05) is 38.1 Å². The number of amides is 1. The number of rotatable bonds is 2. The van der Waals surface area contributed by atoms with Gasteiger partial charge in [0.15, 0.2) is 6.10 Å². The Balaban J connectivity index is 1.71. The molecule has 2 aromatic rings. The van der Waals surface area contributed by atoms with Gasteiger partial charge in [-0.3, -0.25) is 4.79 Å². The van der Waals surface area contributed by atoms with Gasteiger partial charge in [-0.15, -0.1) is 0 Å². The van der Waals surface area contributed by atoms with Crippen LogP contribution in [0.5, 0.6) is 5.75 Å². The summed E-state index contributed by atoms with van der Waals surface area (Å²) in [5.41, 5.74) is 4.12. The van der Waals surface area contributed by atoms with Gasteiger partial charge in [0.2, 0.25) is 0 Å². The van der Waals surface area contributed by atoms with E-state index < -0.39 is 6.10 Å². The fourth-order valence-electron chi connectivity index (χ4n) is 2.41. The summed E-state index contributed by atoms with van der Waals surface area (Å²) in [4.78, 5) is 12.3. The lowest BCUT2D eigenvalue weighted by molar-refractivity contribution is -0.122. The van der Waals surface area contributed by atoms with Gasteiger partial charge in [-0.1, -0.05) is 17.7 Å². The molecule has 21 heavy (non-hydrogen) atoms. The topological polar surface area (TPSA) is 38.3 Å². The number of nitrogens with one attached hydrogen (secondary N) is 1. The zero-order valence-corrected chi connectivity index (χ0v) is 12.7. The maximum Gasteiger partial charge on any atom is 0.265 e. The lowest BCUT2D eigenvalue weighted by atomic mass is 10.1. The van der Waals surface area contributed by atoms with Gasteiger partial charge in [-0.05, 0) is 60.9 Å². The lowest BCUT2D eigenvalue weighted by Crippen LogP contribution is -2.31. The third-order valence-corrected chi connectivity index (χ3v) is 4.00. The maximum atomic E-state index is 12.3. The number of anilines is 1. The molecule has 1 unspecified atom stereocenters. The number of halogens is 1. The number of hydrogen-bond donors (Lipinski definition) is 1. The summed E-state index contributed by atoms with van der Waals surface area (Å²) in [7, 11) is 0. The molecule has 3 nitrogen and oxygen atoms in total. The van der Waals surface area contributed by atoms with Crippen molar-refractivity contribution < 1.29 is 9.53 Å². The van der Waals surface area contributed by atoms with E-state index in [2.05, 4.69) is 5.32 Å². The Hall–Kier alpha value is -2.00. The second-order valence-electron chi connectivity index (χ2n) is 5.35. The van der Waals surface area contributed by atoms with Gasteiger partial charge < -0.3 is 10.1 Å². The molecule has 108 valence electrons. The highest BCUT2D eigenvalue weighted by molar-refractivity contribution is 6.30. The zero-order valence-electron chi connectivity index (χ0n) is 11.9. The van der Waals surface area contributed by atoms with Gasteiger partial charge in [-0.25, -0.2) is 0 Å². The standard InChI is InChI=1S/C17H16ClNO2/c1-10-3-5-14(7-11(10)2)19-17(20)16-9-12-8-13(18)4-6-15(12)21-16/h3-8,16H,9H2,1-2H3,(H,19,20). The molecule has 3 rings (SSSR count). The molecular formula is C17H16ClNO2. The van der Waals surface area contributed by atoms with Crippen molar-refractivity contribution in [2.45, 2.75) is 26.4 Å². The number of fused-ring (bicyclic) bond motifs is 1. The lowest BCUT2D eigenvalue weighted by Gasteiger charge is -2.12. The van der Waals surface area contributed by atoms with Crippen LogP contribution in [-0.4, -0.2) is 12.0 Å². The van der Waals surface area contributed by atoms with Gasteiger partial charge in [0.05, 0.1) is 0 Å². The Labute approximate surface area is 128 Å². The highest BCUT2D eigenvalue weighted by atomic mass is 35.5. The zero-order chi connectivity index (χ0) is 15.0. The maximum absolute atomic E-state index is 12.3. The van der Waals surface area contributed by atoms with Crippen LogP contribution in [0.4, 0.5) is 5.69 Å². The van der Waals surface area contributed by atoms with E-state index in [0.29, 0.717) is 11.4 Å². The van der Waals surface area contributed by atoms with E-state index >= 15 is 0 Å². The van der Waals surface area contributed by atoms with E-state index in [0.717, 1.165) is 22.6 Å². The number of carbonyl (C=O) groups is 1. The molecule has 1 aliphatic heterocycles. The summed E-state index contributed by atoms with van der Waals surface area (Å²) in [5.74, 6) is 0.602. The van der Waals surface area contributed by atoms with Crippen molar-refractivity contribution in [1.29, 1.82) is 0 Å². The van der Waals surface area contributed by atoms with Crippen LogP contribution in [0, 0.1) is 13.8 Å². The number of hydrogen-bond acceptors (Lipinski definition) is 2. The van der Waals surface area contributed by atoms with Crippen LogP contribution in [0.3, 0.4) is 0 Å². The van der Waals surface area contributed by atoms with E-state index in [4.69, 9.17) is 16.3 Å². The largest absolute Gasteiger partial charge is 0.480 e. The molecule has 4 heteroatoms. The molecule has 0 fully saturated rings. The van der Waals surface area contributed by atoms with Crippen molar-refractivity contribution in [1.82, 2.24) is 0 Å². The molecule has 0 aliphatic carbocycles. The molecular weight excluding hydrogens is 286 g/mol. The van der Waals surface area contributed by atoms with Crippen molar-refractivity contribution >= 4 is 23.2 Å². The molecule has 1 amide bonds. The smallest absolute Gasteiger partial charge is 0.265 e. The first-order valence-corrected chi connectivity index (χ1v) is 7.24. The van der Waals surface area contributed by atoms with Gasteiger partial charge in [0.25, 0.3) is 5.91 Å². The van der Waals surface area contributed by atoms with E-state index in [9.17, 15) is 4.79 Å². The van der Waals surface area contributed by atoms with Crippen LogP contribution in [0.25, 0.3) is 0 Å². The van der Waals surface area contributed by atoms with Crippen LogP contribution in [-0.2, 0) is 11.2 Å². The van der Waals surface area contributed by atoms with Crippen LogP contribution in [0.15, 0.2) is 36.4 Å². The summed E-state index contributed by atoms with van der Waals surface area (Å²) >= 11 is 5.96. The fraction of sp³-hybridized carbons (Fsp3) is 0.235. The van der Waals surface area contributed by atoms with Gasteiger partial charge >= 0.3 is 0 Å². The van der Waals surface area contributed by atoms with Crippen molar-refractivity contribution in [3.05, 3.63) is 58.1 Å². The summed E-state index contributed by atoms with van der Waals surface area (Å²) < 4.78 is 5.68. The molecule has 0 radical (unpaired) electrons. The minimum Gasteiger partial charge on any atom is -0.480 e. The molecule has 1 atom stereocenters. The van der Waals surface area contributed by atoms with Crippen LogP contribution >= 0.6 is 11.6 Å². The molecule has 0 bridgehead atoms. The normalized spacial score (nSPS) is 16.2. The molecule has 1 heterocycles. The first-order chi connectivity index (χ1) is 10.0. The molecule has 0 aromatic heterocycles. The number of aryl methyl sites for hydroxylation is 2. The van der Waals surface area contributed by atoms with Crippen LogP contribution < -0.4 is 10.1 Å². The fourth-order valence-corrected chi connectivity index (χ4v) is 2.60. The Bertz CT molecular complexity index is 712. The van der Waals surface area contributed by atoms with Crippen LogP contribution in [0.1, 0.15) is 16.7 Å². The van der Waals surface area contributed by atoms with Crippen molar-refractivity contribution in [2.75, 3.05) is 5.32 Å². The Morgan fingerprint density at radius 3 is 2.76 bits per heavy atom. The third kappa shape index (κ3) is 2.88. The summed E-state index contributed by atoms with van der Waals surface area (Å²) in [5, 5.41) is 3.56. The van der Waals surface area contributed by atoms with Gasteiger partial charge in [0.1, 0.15) is 5.75 Å². The molecule has 2 aromatic carbocycles. The highest BCUT2D eigenvalue weighted by Gasteiger charge is 2.29. The molecule has 0 spiro atoms. The Morgan fingerprint density at radius 1 is 1.19 bits per heavy atom. The molecule has 1 N–H and O–H groups in total. The Morgan fingerprint density at radius 2 is 2.00 bits per heavy atom. The van der Waals surface area contributed by atoms with Crippen molar-refractivity contribution in [2.24, 2.45) is 0 Å². The van der Waals surface area contributed by atoms with Gasteiger partial charge in [-0.2, -0.15) is 0 Å². The second-order valence-corrected chi connectivity index (χ2v) is 5.79. The van der Waals surface area contributed by atoms with Gasteiger partial charge in [0, 0.05) is 17.1 Å². The highest BCUT2D eigenvalue weighted by Crippen LogP contribution is 2.31. The summed E-state index contributed by atoms with van der Waals surface area (Å²) in [6, 6.07) is 11.3. The first kappa shape index (κ1) is 14.0. The van der Waals surface area contributed by atoms with E-state index in [1.165, 1.54) is 5.56 Å². The molecule has 1 aliphatic rings. The second kappa shape index (κ2) is 5.41. The number of ether oxygens (including phenoxy) is 1. The average Bonchev–Trinajstić information content (AvgIpc) is 2.86. The number of benzene rings is 2. The predicted molar refractivity (Wildman–Crippen MR) is 84.1 cm³/mol. The SMILES string of the molecule is Cc1ccc(NC(=O)C2Cc3cc(Cl)ccc3O2)cc1C. The quantitative estimate of drug-likeness (QED) is 0.913. The summed E-state index contributed by atoms with van der Waals surface area (Å²) in [6.45, 7) is 4.07. The van der Waals surface area contributed by atoms with E-state index in [1.54, 1.807) is 12.1 Å². The van der Waals surface area contributed by atoms with Crippen LogP contribution in [0.2, 0.25) is 5.02 Å². The van der Waals surface area contributed by atoms with Crippen molar-refractivity contribution in [3.63, 3.8) is 0 Å². The van der Waals surface area contributed by atoms with E-state index in [-0.39, 0.29) is 5.91 Å². The molecule has 0 saturated carbocycles.